The molecular formula is C38H57N2O4S+. The molecule has 1 aromatic heterocycles. The monoisotopic (exact) mass is 637 g/mol. The average Bonchev–Trinajstić information content (AvgIpc) is 3.04. The number of aryl methyl sites for hydroxylation is 2. The molecule has 248 valence electrons. The van der Waals surface area contributed by atoms with Crippen LogP contribution in [0.4, 0.5) is 0 Å². The Morgan fingerprint density at radius 3 is 1.76 bits per heavy atom. The van der Waals surface area contributed by atoms with Crippen molar-refractivity contribution >= 4 is 10.0 Å². The summed E-state index contributed by atoms with van der Waals surface area (Å²) in [7, 11) is -0.165. The van der Waals surface area contributed by atoms with E-state index in [9.17, 15) is 8.42 Å². The average molecular weight is 638 g/mol. The molecular weight excluding hydrogens is 580 g/mol. The lowest BCUT2D eigenvalue weighted by atomic mass is 10.0. The van der Waals surface area contributed by atoms with Gasteiger partial charge in [0.05, 0.1) is 18.6 Å². The Balaban J connectivity index is 1.47. The highest BCUT2D eigenvalue weighted by Crippen LogP contribution is 2.30. The van der Waals surface area contributed by atoms with Gasteiger partial charge < -0.3 is 9.47 Å². The highest BCUT2D eigenvalue weighted by molar-refractivity contribution is 7.89. The Morgan fingerprint density at radius 2 is 1.20 bits per heavy atom. The number of hydrogen-bond acceptors (Lipinski definition) is 4. The van der Waals surface area contributed by atoms with E-state index in [1.165, 1.54) is 87.8 Å². The van der Waals surface area contributed by atoms with Gasteiger partial charge in [0, 0.05) is 25.2 Å². The maximum Gasteiger partial charge on any atom is 0.243 e. The number of hydrogen-bond donors (Lipinski definition) is 0. The van der Waals surface area contributed by atoms with Crippen LogP contribution >= 0.6 is 0 Å². The van der Waals surface area contributed by atoms with E-state index in [0.29, 0.717) is 18.1 Å². The maximum absolute atomic E-state index is 13.8. The van der Waals surface area contributed by atoms with E-state index < -0.39 is 10.0 Å². The molecule has 0 fully saturated rings. The smallest absolute Gasteiger partial charge is 0.243 e. The lowest BCUT2D eigenvalue weighted by Crippen LogP contribution is -2.31. The zero-order chi connectivity index (χ0) is 32.3. The number of methoxy groups -OCH3 is 1. The van der Waals surface area contributed by atoms with E-state index >= 15 is 0 Å². The van der Waals surface area contributed by atoms with Gasteiger partial charge in [0.15, 0.2) is 23.9 Å². The third kappa shape index (κ3) is 13.2. The van der Waals surface area contributed by atoms with Gasteiger partial charge in [0.25, 0.3) is 0 Å². The second-order valence-electron chi connectivity index (χ2n) is 12.4. The van der Waals surface area contributed by atoms with Gasteiger partial charge in [-0.25, -0.2) is 13.0 Å². The summed E-state index contributed by atoms with van der Waals surface area (Å²) in [6.45, 7) is 5.35. The van der Waals surface area contributed by atoms with Crippen LogP contribution in [0.3, 0.4) is 0 Å². The van der Waals surface area contributed by atoms with Crippen LogP contribution in [0, 0.1) is 6.92 Å². The molecule has 0 aliphatic carbocycles. The van der Waals surface area contributed by atoms with Crippen LogP contribution < -0.4 is 14.0 Å². The van der Waals surface area contributed by atoms with Crippen molar-refractivity contribution in [1.29, 1.82) is 0 Å². The first kappa shape index (κ1) is 36.6. The number of rotatable bonds is 23. The van der Waals surface area contributed by atoms with E-state index in [1.807, 2.05) is 73.4 Å². The number of nitrogens with zero attached hydrogens (tertiary/aromatic N) is 2. The predicted molar refractivity (Wildman–Crippen MR) is 184 cm³/mol. The highest BCUT2D eigenvalue weighted by Gasteiger charge is 2.26. The summed E-state index contributed by atoms with van der Waals surface area (Å²) >= 11 is 0. The van der Waals surface area contributed by atoms with Crippen molar-refractivity contribution in [2.24, 2.45) is 7.05 Å². The van der Waals surface area contributed by atoms with Crippen LogP contribution in [0.2, 0.25) is 0 Å². The number of unbranched alkanes of at least 4 members (excludes halogenated alkanes) is 13. The summed E-state index contributed by atoms with van der Waals surface area (Å²) in [5.41, 5.74) is 2.78. The Kier molecular flexibility index (Phi) is 16.5. The van der Waals surface area contributed by atoms with Crippen LogP contribution in [-0.4, -0.2) is 26.4 Å². The van der Waals surface area contributed by atoms with Gasteiger partial charge in [0.2, 0.25) is 10.0 Å². The molecule has 0 aliphatic rings. The molecule has 0 saturated carbocycles. The molecule has 0 amide bonds. The highest BCUT2D eigenvalue weighted by atomic mass is 32.2. The van der Waals surface area contributed by atoms with Crippen LogP contribution in [0.25, 0.3) is 0 Å². The molecule has 3 aromatic rings. The molecule has 0 N–H and O–H groups in total. The predicted octanol–water partition coefficient (Wildman–Crippen LogP) is 9.08. The normalized spacial score (nSPS) is 11.7. The van der Waals surface area contributed by atoms with Crippen LogP contribution in [0.15, 0.2) is 71.9 Å². The fraction of sp³-hybridized carbons (Fsp3) is 0.553. The lowest BCUT2D eigenvalue weighted by molar-refractivity contribution is -0.671. The van der Waals surface area contributed by atoms with Gasteiger partial charge in [-0.2, -0.15) is 4.31 Å². The number of sulfonamides is 1. The quantitative estimate of drug-likeness (QED) is 0.0769. The summed E-state index contributed by atoms with van der Waals surface area (Å²) in [5.74, 6) is 1.32. The standard InChI is InChI=1S/C38H57N2O4S/c1-5-6-7-8-9-10-11-12-13-14-15-16-17-18-29-44-37-24-21-35(30-38(37)43-4)32-40(31-34-25-27-39(3)28-26-34)45(41,42)36-22-19-33(2)20-23-36/h19-28,30H,5-18,29,31-32H2,1-4H3/q+1. The molecule has 0 saturated heterocycles. The lowest BCUT2D eigenvalue weighted by Gasteiger charge is -2.23. The van der Waals surface area contributed by atoms with Crippen LogP contribution in [-0.2, 0) is 30.2 Å². The van der Waals surface area contributed by atoms with Crippen molar-refractivity contribution in [2.75, 3.05) is 13.7 Å². The van der Waals surface area contributed by atoms with Gasteiger partial charge in [-0.05, 0) is 48.7 Å². The number of benzene rings is 2. The largest absolute Gasteiger partial charge is 0.493 e. The molecule has 6 nitrogen and oxygen atoms in total. The maximum atomic E-state index is 13.8. The topological polar surface area (TPSA) is 59.7 Å². The van der Waals surface area contributed by atoms with Crippen molar-refractivity contribution in [2.45, 2.75) is 122 Å². The first-order chi connectivity index (χ1) is 21.8. The Morgan fingerprint density at radius 1 is 0.667 bits per heavy atom. The van der Waals surface area contributed by atoms with Crippen molar-refractivity contribution in [3.63, 3.8) is 0 Å². The summed E-state index contributed by atoms with van der Waals surface area (Å²) < 4.78 is 42.8. The number of ether oxygens (including phenoxy) is 2. The molecule has 0 bridgehead atoms. The molecule has 0 unspecified atom stereocenters. The van der Waals surface area contributed by atoms with Crippen LogP contribution in [0.5, 0.6) is 11.5 Å². The van der Waals surface area contributed by atoms with Crippen molar-refractivity contribution in [3.8, 4) is 11.5 Å². The van der Waals surface area contributed by atoms with Gasteiger partial charge in [-0.15, -0.1) is 0 Å². The van der Waals surface area contributed by atoms with E-state index in [2.05, 4.69) is 6.92 Å². The van der Waals surface area contributed by atoms with Gasteiger partial charge in [-0.3, -0.25) is 0 Å². The third-order valence-corrected chi connectivity index (χ3v) is 10.2. The minimum absolute atomic E-state index is 0.215. The second kappa shape index (κ2) is 20.3. The Labute approximate surface area is 273 Å². The van der Waals surface area contributed by atoms with Gasteiger partial charge >= 0.3 is 0 Å². The first-order valence-electron chi connectivity index (χ1n) is 17.1. The molecule has 45 heavy (non-hydrogen) atoms. The molecule has 1 heterocycles. The molecule has 0 radical (unpaired) electrons. The SMILES string of the molecule is CCCCCCCCCCCCCCCCOc1ccc(CN(Cc2cc[n+](C)cc2)S(=O)(=O)c2ccc(C)cc2)cc1OC. The molecule has 0 spiro atoms. The molecule has 0 atom stereocenters. The summed E-state index contributed by atoms with van der Waals surface area (Å²) in [6.07, 6.45) is 22.4. The summed E-state index contributed by atoms with van der Waals surface area (Å²) in [6, 6.07) is 16.7. The van der Waals surface area contributed by atoms with E-state index in [0.717, 1.165) is 23.1 Å². The van der Waals surface area contributed by atoms with E-state index in [1.54, 1.807) is 19.2 Å². The zero-order valence-corrected chi connectivity index (χ0v) is 29.1. The Hall–Kier alpha value is -2.90. The minimum Gasteiger partial charge on any atom is -0.493 e. The van der Waals surface area contributed by atoms with Gasteiger partial charge in [0.1, 0.15) is 7.05 Å². The fourth-order valence-corrected chi connectivity index (χ4v) is 6.95. The Bertz CT molecular complexity index is 1340. The summed E-state index contributed by atoms with van der Waals surface area (Å²) in [4.78, 5) is 0.287. The van der Waals surface area contributed by atoms with Crippen molar-refractivity contribution in [1.82, 2.24) is 4.31 Å². The van der Waals surface area contributed by atoms with Crippen molar-refractivity contribution < 1.29 is 22.5 Å². The van der Waals surface area contributed by atoms with E-state index in [-0.39, 0.29) is 18.0 Å². The summed E-state index contributed by atoms with van der Waals surface area (Å²) in [5, 5.41) is 0. The second-order valence-corrected chi connectivity index (χ2v) is 14.3. The molecule has 7 heteroatoms. The molecule has 3 rings (SSSR count). The van der Waals surface area contributed by atoms with Crippen molar-refractivity contribution in [3.05, 3.63) is 83.7 Å². The first-order valence-corrected chi connectivity index (χ1v) is 18.6. The molecule has 0 aliphatic heterocycles. The van der Waals surface area contributed by atoms with E-state index in [4.69, 9.17) is 9.47 Å². The van der Waals surface area contributed by atoms with Crippen LogP contribution in [0.1, 0.15) is 114 Å². The fourth-order valence-electron chi connectivity index (χ4n) is 5.54. The van der Waals surface area contributed by atoms with Gasteiger partial charge in [-0.1, -0.05) is 114 Å². The number of aromatic nitrogens is 1. The number of pyridine rings is 1. The third-order valence-electron chi connectivity index (χ3n) is 8.41. The minimum atomic E-state index is -3.74. The zero-order valence-electron chi connectivity index (χ0n) is 28.3. The molecule has 2 aromatic carbocycles.